The topological polar surface area (TPSA) is 56.8 Å². The monoisotopic (exact) mass is 394 g/mol. The SMILES string of the molecule is COc1ccccc1CCNC(=O)Nc1ccc(N2CCN(C3CC3)CC2)cc1. The molecule has 6 heteroatoms. The largest absolute Gasteiger partial charge is 0.496 e. The minimum absolute atomic E-state index is 0.189. The van der Waals surface area contributed by atoms with Gasteiger partial charge in [0.1, 0.15) is 5.75 Å². The van der Waals surface area contributed by atoms with E-state index in [2.05, 4.69) is 32.6 Å². The van der Waals surface area contributed by atoms with Gasteiger partial charge in [0.2, 0.25) is 0 Å². The molecule has 2 aromatic carbocycles. The van der Waals surface area contributed by atoms with Crippen molar-refractivity contribution in [2.75, 3.05) is 50.1 Å². The number of ether oxygens (including phenoxy) is 1. The number of carbonyl (C=O) groups is 1. The van der Waals surface area contributed by atoms with Gasteiger partial charge in [0.15, 0.2) is 0 Å². The zero-order chi connectivity index (χ0) is 20.1. The van der Waals surface area contributed by atoms with E-state index in [1.807, 2.05) is 36.4 Å². The van der Waals surface area contributed by atoms with Crippen molar-refractivity contribution in [1.82, 2.24) is 10.2 Å². The van der Waals surface area contributed by atoms with Gasteiger partial charge in [-0.15, -0.1) is 0 Å². The van der Waals surface area contributed by atoms with Gasteiger partial charge in [-0.25, -0.2) is 4.79 Å². The number of urea groups is 1. The number of anilines is 2. The molecule has 1 heterocycles. The summed E-state index contributed by atoms with van der Waals surface area (Å²) in [4.78, 5) is 17.2. The van der Waals surface area contributed by atoms with Crippen LogP contribution in [0.1, 0.15) is 18.4 Å². The lowest BCUT2D eigenvalue weighted by atomic mass is 10.1. The highest BCUT2D eigenvalue weighted by Gasteiger charge is 2.31. The van der Waals surface area contributed by atoms with Crippen molar-refractivity contribution in [3.63, 3.8) is 0 Å². The summed E-state index contributed by atoms with van der Waals surface area (Å²) in [6, 6.07) is 16.7. The first-order chi connectivity index (χ1) is 14.2. The molecule has 2 aliphatic rings. The van der Waals surface area contributed by atoms with Crippen LogP contribution in [0.5, 0.6) is 5.75 Å². The molecule has 0 atom stereocenters. The highest BCUT2D eigenvalue weighted by Crippen LogP contribution is 2.28. The summed E-state index contributed by atoms with van der Waals surface area (Å²) in [5.74, 6) is 0.850. The second-order valence-electron chi connectivity index (χ2n) is 7.74. The lowest BCUT2D eigenvalue weighted by Gasteiger charge is -2.36. The highest BCUT2D eigenvalue weighted by atomic mass is 16.5. The van der Waals surface area contributed by atoms with Crippen molar-refractivity contribution < 1.29 is 9.53 Å². The molecular formula is C23H30N4O2. The van der Waals surface area contributed by atoms with Gasteiger partial charge in [-0.1, -0.05) is 18.2 Å². The van der Waals surface area contributed by atoms with E-state index in [0.29, 0.717) is 6.54 Å². The lowest BCUT2D eigenvalue weighted by molar-refractivity contribution is 0.248. The Morgan fingerprint density at radius 1 is 1.03 bits per heavy atom. The van der Waals surface area contributed by atoms with E-state index >= 15 is 0 Å². The molecule has 2 amide bonds. The van der Waals surface area contributed by atoms with Crippen molar-refractivity contribution >= 4 is 17.4 Å². The van der Waals surface area contributed by atoms with Crippen molar-refractivity contribution in [2.24, 2.45) is 0 Å². The van der Waals surface area contributed by atoms with Crippen molar-refractivity contribution in [1.29, 1.82) is 0 Å². The number of nitrogens with zero attached hydrogens (tertiary/aromatic N) is 2. The van der Waals surface area contributed by atoms with E-state index in [0.717, 1.165) is 55.6 Å². The van der Waals surface area contributed by atoms with E-state index in [9.17, 15) is 4.79 Å². The summed E-state index contributed by atoms with van der Waals surface area (Å²) in [7, 11) is 1.66. The molecule has 2 N–H and O–H groups in total. The predicted molar refractivity (Wildman–Crippen MR) is 117 cm³/mol. The molecule has 1 aliphatic carbocycles. The number of hydrogen-bond acceptors (Lipinski definition) is 4. The molecule has 1 aliphatic heterocycles. The summed E-state index contributed by atoms with van der Waals surface area (Å²) in [5, 5.41) is 5.82. The van der Waals surface area contributed by atoms with Crippen LogP contribution >= 0.6 is 0 Å². The molecule has 154 valence electrons. The Morgan fingerprint density at radius 2 is 1.76 bits per heavy atom. The van der Waals surface area contributed by atoms with Crippen LogP contribution in [0.25, 0.3) is 0 Å². The van der Waals surface area contributed by atoms with Crippen LogP contribution in [0.15, 0.2) is 48.5 Å². The number of benzene rings is 2. The van der Waals surface area contributed by atoms with Crippen LogP contribution in [-0.4, -0.2) is 56.8 Å². The molecule has 0 bridgehead atoms. The number of amides is 2. The Hall–Kier alpha value is -2.73. The van der Waals surface area contributed by atoms with Gasteiger partial charge in [0, 0.05) is 50.1 Å². The molecule has 6 nitrogen and oxygen atoms in total. The molecule has 2 aromatic rings. The van der Waals surface area contributed by atoms with Crippen LogP contribution in [0.3, 0.4) is 0 Å². The molecular weight excluding hydrogens is 364 g/mol. The summed E-state index contributed by atoms with van der Waals surface area (Å²) >= 11 is 0. The maximum Gasteiger partial charge on any atom is 0.319 e. The summed E-state index contributed by atoms with van der Waals surface area (Å²) in [6.07, 6.45) is 3.48. The zero-order valence-corrected chi connectivity index (χ0v) is 17.1. The Bertz CT molecular complexity index is 812. The van der Waals surface area contributed by atoms with Crippen molar-refractivity contribution in [2.45, 2.75) is 25.3 Å². The van der Waals surface area contributed by atoms with E-state index in [1.54, 1.807) is 7.11 Å². The van der Waals surface area contributed by atoms with Gasteiger partial charge in [-0.05, 0) is 55.2 Å². The molecule has 29 heavy (non-hydrogen) atoms. The van der Waals surface area contributed by atoms with E-state index < -0.39 is 0 Å². The summed E-state index contributed by atoms with van der Waals surface area (Å²) in [5.41, 5.74) is 3.11. The highest BCUT2D eigenvalue weighted by molar-refractivity contribution is 5.89. The normalized spacial score (nSPS) is 17.1. The molecule has 0 unspecified atom stereocenters. The van der Waals surface area contributed by atoms with Gasteiger partial charge in [-0.3, -0.25) is 4.90 Å². The van der Waals surface area contributed by atoms with Gasteiger partial charge >= 0.3 is 6.03 Å². The van der Waals surface area contributed by atoms with E-state index in [4.69, 9.17) is 4.74 Å². The summed E-state index contributed by atoms with van der Waals surface area (Å²) < 4.78 is 5.35. The number of para-hydroxylation sites is 1. The van der Waals surface area contributed by atoms with E-state index in [1.165, 1.54) is 18.5 Å². The lowest BCUT2D eigenvalue weighted by Crippen LogP contribution is -2.47. The molecule has 2 fully saturated rings. The van der Waals surface area contributed by atoms with Crippen molar-refractivity contribution in [3.05, 3.63) is 54.1 Å². The molecule has 1 saturated heterocycles. The predicted octanol–water partition coefficient (Wildman–Crippen LogP) is 3.34. The van der Waals surface area contributed by atoms with Gasteiger partial charge in [-0.2, -0.15) is 0 Å². The fraction of sp³-hybridized carbons (Fsp3) is 0.435. The number of methoxy groups -OCH3 is 1. The smallest absolute Gasteiger partial charge is 0.319 e. The quantitative estimate of drug-likeness (QED) is 0.756. The number of hydrogen-bond donors (Lipinski definition) is 2. The number of carbonyl (C=O) groups excluding carboxylic acids is 1. The number of rotatable bonds is 7. The van der Waals surface area contributed by atoms with Crippen LogP contribution in [-0.2, 0) is 6.42 Å². The fourth-order valence-corrected chi connectivity index (χ4v) is 3.94. The van der Waals surface area contributed by atoms with Gasteiger partial charge < -0.3 is 20.3 Å². The first-order valence-electron chi connectivity index (χ1n) is 10.5. The van der Waals surface area contributed by atoms with Crippen LogP contribution in [0, 0.1) is 0 Å². The van der Waals surface area contributed by atoms with Crippen LogP contribution in [0.4, 0.5) is 16.2 Å². The minimum atomic E-state index is -0.189. The zero-order valence-electron chi connectivity index (χ0n) is 17.1. The second kappa shape index (κ2) is 9.18. The first-order valence-corrected chi connectivity index (χ1v) is 10.5. The molecule has 0 radical (unpaired) electrons. The Morgan fingerprint density at radius 3 is 2.45 bits per heavy atom. The molecule has 0 spiro atoms. The summed E-state index contributed by atoms with van der Waals surface area (Å²) in [6.45, 7) is 5.01. The molecule has 4 rings (SSSR count). The average Bonchev–Trinajstić information content (AvgIpc) is 3.60. The van der Waals surface area contributed by atoms with Gasteiger partial charge in [0.05, 0.1) is 7.11 Å². The van der Waals surface area contributed by atoms with Crippen LogP contribution in [0.2, 0.25) is 0 Å². The average molecular weight is 395 g/mol. The third kappa shape index (κ3) is 5.21. The maximum absolute atomic E-state index is 12.2. The minimum Gasteiger partial charge on any atom is -0.496 e. The van der Waals surface area contributed by atoms with E-state index in [-0.39, 0.29) is 6.03 Å². The maximum atomic E-state index is 12.2. The molecule has 0 aromatic heterocycles. The standard InChI is InChI=1S/C23H30N4O2/c1-29-22-5-3-2-4-18(22)12-13-24-23(28)25-19-6-8-20(9-7-19)26-14-16-27(17-15-26)21-10-11-21/h2-9,21H,10-17H2,1H3,(H2,24,25,28). The number of nitrogens with one attached hydrogen (secondary N) is 2. The second-order valence-corrected chi connectivity index (χ2v) is 7.74. The van der Waals surface area contributed by atoms with Gasteiger partial charge in [0.25, 0.3) is 0 Å². The third-order valence-corrected chi connectivity index (χ3v) is 5.74. The van der Waals surface area contributed by atoms with Crippen molar-refractivity contribution in [3.8, 4) is 5.75 Å². The third-order valence-electron chi connectivity index (χ3n) is 5.74. The molecule has 1 saturated carbocycles. The Balaban J connectivity index is 1.21. The number of piperazine rings is 1. The Kier molecular flexibility index (Phi) is 6.20. The first kappa shape index (κ1) is 19.6. The Labute approximate surface area is 172 Å². The fourth-order valence-electron chi connectivity index (χ4n) is 3.94. The van der Waals surface area contributed by atoms with Crippen LogP contribution < -0.4 is 20.3 Å².